The van der Waals surface area contributed by atoms with Crippen molar-refractivity contribution in [2.24, 2.45) is 0 Å². The zero-order valence-electron chi connectivity index (χ0n) is 9.59. The van der Waals surface area contributed by atoms with Crippen molar-refractivity contribution in [1.29, 1.82) is 0 Å². The Balaban J connectivity index is 2.32. The molecule has 15 heavy (non-hydrogen) atoms. The Morgan fingerprint density at radius 3 is 2.73 bits per heavy atom. The fraction of sp³-hybridized carbons (Fsp3) is 0.727. The number of hydrogen-bond donors (Lipinski definition) is 1. The van der Waals surface area contributed by atoms with Crippen LogP contribution in [0.5, 0.6) is 0 Å². The summed E-state index contributed by atoms with van der Waals surface area (Å²) in [7, 11) is 2.00. The molecule has 0 saturated carbocycles. The van der Waals surface area contributed by atoms with E-state index in [0.29, 0.717) is 0 Å². The average molecular weight is 226 g/mol. The van der Waals surface area contributed by atoms with E-state index < -0.39 is 0 Å². The highest BCUT2D eigenvalue weighted by molar-refractivity contribution is 7.11. The molecule has 1 fully saturated rings. The van der Waals surface area contributed by atoms with Crippen molar-refractivity contribution in [3.63, 3.8) is 0 Å². The molecule has 0 amide bonds. The summed E-state index contributed by atoms with van der Waals surface area (Å²) < 4.78 is 5.58. The standard InChI is InChI=1S/C11H18N2OS/c1-8-9(2)15-10(13-8)11(12-3)5-4-6-14-7-11/h12H,4-7H2,1-3H3. The van der Waals surface area contributed by atoms with Gasteiger partial charge in [-0.15, -0.1) is 11.3 Å². The minimum atomic E-state index is -0.0397. The van der Waals surface area contributed by atoms with E-state index in [0.717, 1.165) is 31.7 Å². The summed E-state index contributed by atoms with van der Waals surface area (Å²) in [6, 6.07) is 0. The van der Waals surface area contributed by atoms with Gasteiger partial charge in [0.15, 0.2) is 0 Å². The van der Waals surface area contributed by atoms with Gasteiger partial charge in [0.25, 0.3) is 0 Å². The number of hydrogen-bond acceptors (Lipinski definition) is 4. The van der Waals surface area contributed by atoms with E-state index >= 15 is 0 Å². The van der Waals surface area contributed by atoms with Gasteiger partial charge in [-0.25, -0.2) is 4.98 Å². The number of aryl methyl sites for hydroxylation is 2. The molecule has 0 radical (unpaired) electrons. The van der Waals surface area contributed by atoms with Gasteiger partial charge in [0.05, 0.1) is 17.8 Å². The number of nitrogens with one attached hydrogen (secondary N) is 1. The van der Waals surface area contributed by atoms with E-state index in [1.807, 2.05) is 7.05 Å². The zero-order valence-corrected chi connectivity index (χ0v) is 10.4. The average Bonchev–Trinajstić information content (AvgIpc) is 2.61. The summed E-state index contributed by atoms with van der Waals surface area (Å²) in [6.07, 6.45) is 2.23. The van der Waals surface area contributed by atoms with Crippen LogP contribution in [0.25, 0.3) is 0 Å². The van der Waals surface area contributed by atoms with E-state index in [-0.39, 0.29) is 5.54 Å². The molecule has 0 bridgehead atoms. The number of nitrogens with zero attached hydrogens (tertiary/aromatic N) is 1. The van der Waals surface area contributed by atoms with Gasteiger partial charge in [-0.2, -0.15) is 0 Å². The van der Waals surface area contributed by atoms with Gasteiger partial charge >= 0.3 is 0 Å². The van der Waals surface area contributed by atoms with Crippen LogP contribution < -0.4 is 5.32 Å². The molecule has 3 nitrogen and oxygen atoms in total. The van der Waals surface area contributed by atoms with Crippen LogP contribution in [0.4, 0.5) is 0 Å². The summed E-state index contributed by atoms with van der Waals surface area (Å²) in [6.45, 7) is 5.83. The van der Waals surface area contributed by atoms with Gasteiger partial charge < -0.3 is 10.1 Å². The fourth-order valence-corrected chi connectivity index (χ4v) is 3.07. The Hall–Kier alpha value is -0.450. The van der Waals surface area contributed by atoms with E-state index in [4.69, 9.17) is 4.74 Å². The molecule has 0 aromatic carbocycles. The van der Waals surface area contributed by atoms with Crippen LogP contribution in [0.2, 0.25) is 0 Å². The Morgan fingerprint density at radius 1 is 1.47 bits per heavy atom. The van der Waals surface area contributed by atoms with Crippen LogP contribution in [0.1, 0.15) is 28.4 Å². The minimum Gasteiger partial charge on any atom is -0.379 e. The van der Waals surface area contributed by atoms with Gasteiger partial charge in [-0.3, -0.25) is 0 Å². The molecule has 1 aromatic heterocycles. The van der Waals surface area contributed by atoms with Crippen molar-refractivity contribution >= 4 is 11.3 Å². The van der Waals surface area contributed by atoms with Crippen molar-refractivity contribution in [3.8, 4) is 0 Å². The lowest BCUT2D eigenvalue weighted by atomic mass is 9.93. The summed E-state index contributed by atoms with van der Waals surface area (Å²) in [5.74, 6) is 0. The lowest BCUT2D eigenvalue weighted by Gasteiger charge is -2.34. The minimum absolute atomic E-state index is 0.0397. The number of thiazole rings is 1. The maximum Gasteiger partial charge on any atom is 0.116 e. The van der Waals surface area contributed by atoms with Gasteiger partial charge in [0, 0.05) is 11.5 Å². The second-order valence-electron chi connectivity index (χ2n) is 4.15. The van der Waals surface area contributed by atoms with Crippen molar-refractivity contribution in [1.82, 2.24) is 10.3 Å². The molecule has 2 heterocycles. The summed E-state index contributed by atoms with van der Waals surface area (Å²) >= 11 is 1.79. The number of rotatable bonds is 2. The zero-order chi connectivity index (χ0) is 10.9. The third kappa shape index (κ3) is 1.94. The third-order valence-electron chi connectivity index (χ3n) is 3.16. The van der Waals surface area contributed by atoms with Crippen LogP contribution >= 0.6 is 11.3 Å². The molecular formula is C11H18N2OS. The van der Waals surface area contributed by atoms with E-state index in [9.17, 15) is 0 Å². The number of ether oxygens (including phenoxy) is 1. The van der Waals surface area contributed by atoms with E-state index in [1.165, 1.54) is 9.88 Å². The molecule has 0 spiro atoms. The van der Waals surface area contributed by atoms with E-state index in [2.05, 4.69) is 24.1 Å². The van der Waals surface area contributed by atoms with Crippen molar-refractivity contribution in [2.45, 2.75) is 32.2 Å². The van der Waals surface area contributed by atoms with Crippen LogP contribution in [-0.2, 0) is 10.3 Å². The largest absolute Gasteiger partial charge is 0.379 e. The molecular weight excluding hydrogens is 208 g/mol. The molecule has 2 rings (SSSR count). The lowest BCUT2D eigenvalue weighted by Crippen LogP contribution is -2.46. The Kier molecular flexibility index (Phi) is 3.09. The molecule has 84 valence electrons. The molecule has 1 aliphatic rings. The highest BCUT2D eigenvalue weighted by atomic mass is 32.1. The SMILES string of the molecule is CNC1(c2nc(C)c(C)s2)CCCOC1. The molecule has 1 N–H and O–H groups in total. The Bertz CT molecular complexity index is 323. The maximum atomic E-state index is 5.58. The van der Waals surface area contributed by atoms with Crippen LogP contribution in [0, 0.1) is 13.8 Å². The van der Waals surface area contributed by atoms with Crippen LogP contribution in [0.15, 0.2) is 0 Å². The molecule has 0 aliphatic carbocycles. The maximum absolute atomic E-state index is 5.58. The molecule has 1 aromatic rings. The van der Waals surface area contributed by atoms with Crippen LogP contribution in [-0.4, -0.2) is 25.2 Å². The predicted molar refractivity (Wildman–Crippen MR) is 62.4 cm³/mol. The predicted octanol–water partition coefficient (Wildman–Crippen LogP) is 1.99. The van der Waals surface area contributed by atoms with Crippen LogP contribution in [0.3, 0.4) is 0 Å². The van der Waals surface area contributed by atoms with Gasteiger partial charge in [-0.1, -0.05) is 0 Å². The molecule has 1 atom stereocenters. The second-order valence-corrected chi connectivity index (χ2v) is 5.35. The molecule has 4 heteroatoms. The van der Waals surface area contributed by atoms with Gasteiger partial charge in [-0.05, 0) is 33.7 Å². The molecule has 1 saturated heterocycles. The first-order valence-electron chi connectivity index (χ1n) is 5.39. The topological polar surface area (TPSA) is 34.2 Å². The first-order valence-corrected chi connectivity index (χ1v) is 6.21. The highest BCUT2D eigenvalue weighted by Gasteiger charge is 2.36. The van der Waals surface area contributed by atoms with E-state index in [1.54, 1.807) is 11.3 Å². The number of likely N-dealkylation sites (N-methyl/N-ethyl adjacent to an activating group) is 1. The highest BCUT2D eigenvalue weighted by Crippen LogP contribution is 2.33. The fourth-order valence-electron chi connectivity index (χ4n) is 1.94. The second kappa shape index (κ2) is 4.20. The normalized spacial score (nSPS) is 26.9. The summed E-state index contributed by atoms with van der Waals surface area (Å²) in [4.78, 5) is 5.96. The summed E-state index contributed by atoms with van der Waals surface area (Å²) in [5, 5.41) is 4.58. The summed E-state index contributed by atoms with van der Waals surface area (Å²) in [5.41, 5.74) is 1.11. The first-order chi connectivity index (χ1) is 7.18. The van der Waals surface area contributed by atoms with Crippen molar-refractivity contribution < 1.29 is 4.74 Å². The van der Waals surface area contributed by atoms with Crippen molar-refractivity contribution in [2.75, 3.05) is 20.3 Å². The Morgan fingerprint density at radius 2 is 2.27 bits per heavy atom. The monoisotopic (exact) mass is 226 g/mol. The first kappa shape index (κ1) is 11.0. The smallest absolute Gasteiger partial charge is 0.116 e. The van der Waals surface area contributed by atoms with Gasteiger partial charge in [0.2, 0.25) is 0 Å². The third-order valence-corrected chi connectivity index (χ3v) is 4.43. The molecule has 1 unspecified atom stereocenters. The molecule has 1 aliphatic heterocycles. The number of aromatic nitrogens is 1. The quantitative estimate of drug-likeness (QED) is 0.837. The Labute approximate surface area is 94.9 Å². The van der Waals surface area contributed by atoms with Gasteiger partial charge in [0.1, 0.15) is 5.01 Å². The van der Waals surface area contributed by atoms with Crippen molar-refractivity contribution in [3.05, 3.63) is 15.6 Å². The lowest BCUT2D eigenvalue weighted by molar-refractivity contribution is 0.0216.